The summed E-state index contributed by atoms with van der Waals surface area (Å²) >= 11 is 7.26. The van der Waals surface area contributed by atoms with E-state index < -0.39 is 5.97 Å². The Kier molecular flexibility index (Phi) is 7.92. The average molecular weight is 484 g/mol. The van der Waals surface area contributed by atoms with Gasteiger partial charge in [0.2, 0.25) is 11.8 Å². The Labute approximate surface area is 200 Å². The molecule has 1 heterocycles. The number of aryl methyl sites for hydroxylation is 2. The number of rotatable bonds is 8. The normalized spacial score (nSPS) is 11.6. The van der Waals surface area contributed by atoms with Crippen molar-refractivity contribution < 1.29 is 14.6 Å². The highest BCUT2D eigenvalue weighted by atomic mass is 35.5. The van der Waals surface area contributed by atoms with Gasteiger partial charge in [0.1, 0.15) is 5.75 Å². The number of hydrogen-bond donors (Lipinski definition) is 3. The van der Waals surface area contributed by atoms with Gasteiger partial charge in [0, 0.05) is 36.1 Å². The lowest BCUT2D eigenvalue weighted by atomic mass is 10.00. The molecule has 0 atom stereocenters. The van der Waals surface area contributed by atoms with Crippen molar-refractivity contribution in [1.29, 1.82) is 0 Å². The molecule has 0 bridgehead atoms. The van der Waals surface area contributed by atoms with Crippen LogP contribution in [0.5, 0.6) is 11.6 Å². The number of anilines is 1. The van der Waals surface area contributed by atoms with Crippen LogP contribution in [0.15, 0.2) is 58.6 Å². The minimum absolute atomic E-state index is 0.00649. The number of aliphatic imine (C=N–C) groups is 1. The molecule has 4 N–H and O–H groups in total. The van der Waals surface area contributed by atoms with E-state index in [1.54, 1.807) is 19.3 Å². The van der Waals surface area contributed by atoms with Gasteiger partial charge >= 0.3 is 5.97 Å². The van der Waals surface area contributed by atoms with Crippen LogP contribution in [0.3, 0.4) is 0 Å². The fourth-order valence-electron chi connectivity index (χ4n) is 3.07. The number of halogens is 1. The third kappa shape index (κ3) is 6.24. The van der Waals surface area contributed by atoms with Crippen molar-refractivity contribution >= 4 is 41.7 Å². The number of nitrogens with zero attached hydrogens (tertiary/aromatic N) is 3. The van der Waals surface area contributed by atoms with E-state index in [9.17, 15) is 9.90 Å². The molecule has 0 aliphatic carbocycles. The SMILES string of the molecule is CN=C/C(=C\N)SNc1nc(Oc2cc(Cl)cc(C(=O)O)c2)cc(-c2c(C)cccc2C)n1. The number of allylic oxidation sites excluding steroid dienone is 1. The van der Waals surface area contributed by atoms with Crippen molar-refractivity contribution in [2.75, 3.05) is 11.8 Å². The smallest absolute Gasteiger partial charge is 0.335 e. The molecule has 0 amide bonds. The first kappa shape index (κ1) is 24.1. The van der Waals surface area contributed by atoms with E-state index in [0.717, 1.165) is 16.7 Å². The molecular formula is C23H22ClN5O3S. The molecule has 0 fully saturated rings. The van der Waals surface area contributed by atoms with E-state index in [-0.39, 0.29) is 28.2 Å². The van der Waals surface area contributed by atoms with E-state index in [2.05, 4.69) is 19.7 Å². The van der Waals surface area contributed by atoms with Crippen molar-refractivity contribution in [3.05, 3.63) is 75.3 Å². The highest BCUT2D eigenvalue weighted by molar-refractivity contribution is 8.05. The number of carboxylic acids is 1. The minimum Gasteiger partial charge on any atom is -0.478 e. The molecule has 0 aliphatic rings. The summed E-state index contributed by atoms with van der Waals surface area (Å²) in [6.45, 7) is 3.99. The Morgan fingerprint density at radius 2 is 1.94 bits per heavy atom. The van der Waals surface area contributed by atoms with Gasteiger partial charge in [0.25, 0.3) is 0 Å². The quantitative estimate of drug-likeness (QED) is 0.285. The summed E-state index contributed by atoms with van der Waals surface area (Å²) in [4.78, 5) is 25.1. The predicted octanol–water partition coefficient (Wildman–Crippen LogP) is 5.47. The van der Waals surface area contributed by atoms with Crippen molar-refractivity contribution in [2.45, 2.75) is 13.8 Å². The fraction of sp³-hybridized carbons (Fsp3) is 0.130. The Morgan fingerprint density at radius 1 is 1.21 bits per heavy atom. The summed E-state index contributed by atoms with van der Waals surface area (Å²) < 4.78 is 8.95. The van der Waals surface area contributed by atoms with Gasteiger partial charge in [-0.15, -0.1) is 0 Å². The first-order chi connectivity index (χ1) is 15.8. The summed E-state index contributed by atoms with van der Waals surface area (Å²) in [5.74, 6) is -0.379. The van der Waals surface area contributed by atoms with Crippen molar-refractivity contribution in [3.63, 3.8) is 0 Å². The van der Waals surface area contributed by atoms with Gasteiger partial charge in [-0.1, -0.05) is 29.8 Å². The molecule has 0 radical (unpaired) electrons. The number of aromatic nitrogens is 2. The van der Waals surface area contributed by atoms with Crippen LogP contribution in [0, 0.1) is 13.8 Å². The number of carbonyl (C=O) groups is 1. The van der Waals surface area contributed by atoms with Crippen LogP contribution in [0.25, 0.3) is 11.3 Å². The molecule has 0 spiro atoms. The third-order valence-electron chi connectivity index (χ3n) is 4.46. The van der Waals surface area contributed by atoms with Gasteiger partial charge in [0.05, 0.1) is 16.2 Å². The van der Waals surface area contributed by atoms with Gasteiger partial charge in [-0.25, -0.2) is 9.78 Å². The summed E-state index contributed by atoms with van der Waals surface area (Å²) in [5.41, 5.74) is 9.29. The highest BCUT2D eigenvalue weighted by Crippen LogP contribution is 2.32. The van der Waals surface area contributed by atoms with Gasteiger partial charge in [0.15, 0.2) is 0 Å². The zero-order valence-corrected chi connectivity index (χ0v) is 19.7. The zero-order chi connectivity index (χ0) is 24.0. The fourth-order valence-corrected chi connectivity index (χ4v) is 3.82. The van der Waals surface area contributed by atoms with Gasteiger partial charge < -0.3 is 15.6 Å². The van der Waals surface area contributed by atoms with E-state index in [1.165, 1.54) is 36.3 Å². The van der Waals surface area contributed by atoms with E-state index >= 15 is 0 Å². The lowest BCUT2D eigenvalue weighted by Crippen LogP contribution is -2.02. The summed E-state index contributed by atoms with van der Waals surface area (Å²) in [6, 6.07) is 11.9. The number of hydrogen-bond acceptors (Lipinski definition) is 8. The molecule has 0 saturated carbocycles. The maximum Gasteiger partial charge on any atom is 0.335 e. The number of benzene rings is 2. The molecular weight excluding hydrogens is 462 g/mol. The number of carboxylic acid groups (broad SMARTS) is 1. The molecule has 0 unspecified atom stereocenters. The van der Waals surface area contributed by atoms with Crippen LogP contribution in [0.1, 0.15) is 21.5 Å². The number of nitrogens with one attached hydrogen (secondary N) is 1. The zero-order valence-electron chi connectivity index (χ0n) is 18.2. The summed E-state index contributed by atoms with van der Waals surface area (Å²) in [5, 5.41) is 9.54. The Hall–Kier alpha value is -3.56. The highest BCUT2D eigenvalue weighted by Gasteiger charge is 2.14. The molecule has 0 saturated heterocycles. The molecule has 33 heavy (non-hydrogen) atoms. The van der Waals surface area contributed by atoms with Crippen molar-refractivity contribution in [2.24, 2.45) is 10.7 Å². The largest absolute Gasteiger partial charge is 0.478 e. The van der Waals surface area contributed by atoms with Crippen LogP contribution in [0.4, 0.5) is 5.95 Å². The Bertz CT molecular complexity index is 1230. The molecule has 3 rings (SSSR count). The molecule has 2 aromatic carbocycles. The topological polar surface area (TPSA) is 123 Å². The van der Waals surface area contributed by atoms with E-state index in [4.69, 9.17) is 22.1 Å². The van der Waals surface area contributed by atoms with Crippen molar-refractivity contribution in [3.8, 4) is 22.9 Å². The van der Waals surface area contributed by atoms with Crippen LogP contribution < -0.4 is 15.2 Å². The monoisotopic (exact) mass is 483 g/mol. The standard InChI is InChI=1S/C23H22ClN5O3S/c1-13-5-4-6-14(2)21(13)19-10-20(28-23(27-19)29-33-18(11-25)12-26-3)32-17-8-15(22(30)31)7-16(24)9-17/h4-12H,25H2,1-3H3,(H,30,31)(H,27,28,29)/b18-11+,26-12?. The minimum atomic E-state index is -1.11. The lowest BCUT2D eigenvalue weighted by Gasteiger charge is -2.13. The molecule has 1 aromatic heterocycles. The summed E-state index contributed by atoms with van der Waals surface area (Å²) in [6.07, 6.45) is 3.01. The molecule has 8 nitrogen and oxygen atoms in total. The second-order valence-electron chi connectivity index (χ2n) is 6.93. The van der Waals surface area contributed by atoms with Gasteiger partial charge in [-0.2, -0.15) is 4.98 Å². The lowest BCUT2D eigenvalue weighted by molar-refractivity contribution is 0.0696. The molecule has 10 heteroatoms. The van der Waals surface area contributed by atoms with Gasteiger partial charge in [-0.05, 0) is 55.1 Å². The predicted molar refractivity (Wildman–Crippen MR) is 133 cm³/mol. The molecule has 170 valence electrons. The second kappa shape index (κ2) is 10.8. The Balaban J connectivity index is 2.05. The number of ether oxygens (including phenoxy) is 1. The molecule has 0 aliphatic heterocycles. The maximum atomic E-state index is 11.4. The van der Waals surface area contributed by atoms with Crippen LogP contribution >= 0.6 is 23.5 Å². The third-order valence-corrected chi connectivity index (χ3v) is 5.44. The Morgan fingerprint density at radius 3 is 2.58 bits per heavy atom. The first-order valence-corrected chi connectivity index (χ1v) is 10.9. The molecule has 3 aromatic rings. The van der Waals surface area contributed by atoms with Crippen LogP contribution in [-0.2, 0) is 0 Å². The van der Waals surface area contributed by atoms with E-state index in [1.807, 2.05) is 32.0 Å². The number of nitrogens with two attached hydrogens (primary N) is 1. The first-order valence-electron chi connectivity index (χ1n) is 9.75. The van der Waals surface area contributed by atoms with Gasteiger partial charge in [-0.3, -0.25) is 9.71 Å². The van der Waals surface area contributed by atoms with Crippen LogP contribution in [-0.4, -0.2) is 34.3 Å². The number of aromatic carboxylic acids is 1. The average Bonchev–Trinajstić information content (AvgIpc) is 2.76. The summed E-state index contributed by atoms with van der Waals surface area (Å²) in [7, 11) is 1.64. The maximum absolute atomic E-state index is 11.4. The van der Waals surface area contributed by atoms with Crippen molar-refractivity contribution in [1.82, 2.24) is 9.97 Å². The van der Waals surface area contributed by atoms with Crippen LogP contribution in [0.2, 0.25) is 5.02 Å². The second-order valence-corrected chi connectivity index (χ2v) is 8.24. The van der Waals surface area contributed by atoms with E-state index in [0.29, 0.717) is 10.6 Å².